The molecule has 0 bridgehead atoms. The van der Waals surface area contributed by atoms with Crippen LogP contribution in [0, 0.1) is 0 Å². The molecule has 1 saturated heterocycles. The van der Waals surface area contributed by atoms with Crippen molar-refractivity contribution in [3.63, 3.8) is 0 Å². The Balaban J connectivity index is 1.96. The fourth-order valence-electron chi connectivity index (χ4n) is 3.12. The molecule has 1 aromatic rings. The molecule has 0 aromatic heterocycles. The van der Waals surface area contributed by atoms with Gasteiger partial charge in [-0.3, -0.25) is 4.79 Å². The number of carbonyl (C=O) groups excluding carboxylic acids is 1. The maximum atomic E-state index is 12.9. The first-order valence-corrected chi connectivity index (χ1v) is 9.49. The van der Waals surface area contributed by atoms with Gasteiger partial charge in [0, 0.05) is 20.0 Å². The number of benzene rings is 1. The van der Waals surface area contributed by atoms with Gasteiger partial charge in [-0.05, 0) is 31.0 Å². The normalized spacial score (nSPS) is 19.6. The van der Waals surface area contributed by atoms with Gasteiger partial charge in [0.15, 0.2) is 0 Å². The lowest BCUT2D eigenvalue weighted by atomic mass is 10.2. The SMILES string of the molecule is CC(=O)N1CCOc2ccc(S(=O)(=O)N3CCCCCC3)cc21. The van der Waals surface area contributed by atoms with Gasteiger partial charge in [0.25, 0.3) is 0 Å². The molecular weight excluding hydrogens is 316 g/mol. The number of carbonyl (C=O) groups is 1. The first-order valence-electron chi connectivity index (χ1n) is 8.05. The molecule has 2 heterocycles. The Kier molecular flexibility index (Phi) is 4.59. The number of fused-ring (bicyclic) bond motifs is 1. The summed E-state index contributed by atoms with van der Waals surface area (Å²) in [5.41, 5.74) is 0.541. The van der Waals surface area contributed by atoms with Crippen LogP contribution in [0.3, 0.4) is 0 Å². The first kappa shape index (κ1) is 16.3. The van der Waals surface area contributed by atoms with E-state index in [1.165, 1.54) is 6.92 Å². The van der Waals surface area contributed by atoms with Gasteiger partial charge in [0.1, 0.15) is 12.4 Å². The molecule has 0 saturated carbocycles. The van der Waals surface area contributed by atoms with Crippen LogP contribution in [-0.4, -0.2) is 44.9 Å². The summed E-state index contributed by atoms with van der Waals surface area (Å²) in [6, 6.07) is 4.79. The molecule has 0 spiro atoms. The second-order valence-corrected chi connectivity index (χ2v) is 7.90. The molecule has 0 N–H and O–H groups in total. The second kappa shape index (κ2) is 6.49. The highest BCUT2D eigenvalue weighted by Crippen LogP contribution is 2.35. The van der Waals surface area contributed by atoms with E-state index in [4.69, 9.17) is 4.74 Å². The van der Waals surface area contributed by atoms with E-state index in [0.29, 0.717) is 37.7 Å². The van der Waals surface area contributed by atoms with Crippen molar-refractivity contribution in [1.29, 1.82) is 0 Å². The molecule has 23 heavy (non-hydrogen) atoms. The van der Waals surface area contributed by atoms with Crippen LogP contribution in [0.5, 0.6) is 5.75 Å². The molecular formula is C16H22N2O4S. The molecule has 6 nitrogen and oxygen atoms in total. The van der Waals surface area contributed by atoms with E-state index in [2.05, 4.69) is 0 Å². The molecule has 0 unspecified atom stereocenters. The number of nitrogens with zero attached hydrogens (tertiary/aromatic N) is 2. The Morgan fingerprint density at radius 1 is 1.09 bits per heavy atom. The minimum absolute atomic E-state index is 0.112. The molecule has 1 fully saturated rings. The van der Waals surface area contributed by atoms with Crippen LogP contribution in [0.25, 0.3) is 0 Å². The predicted molar refractivity (Wildman–Crippen MR) is 87.2 cm³/mol. The van der Waals surface area contributed by atoms with Crippen LogP contribution in [0.4, 0.5) is 5.69 Å². The Morgan fingerprint density at radius 3 is 2.43 bits per heavy atom. The first-order chi connectivity index (χ1) is 11.0. The number of hydrogen-bond donors (Lipinski definition) is 0. The molecule has 1 aromatic carbocycles. The van der Waals surface area contributed by atoms with E-state index >= 15 is 0 Å². The number of sulfonamides is 1. The topological polar surface area (TPSA) is 66.9 Å². The monoisotopic (exact) mass is 338 g/mol. The summed E-state index contributed by atoms with van der Waals surface area (Å²) in [5.74, 6) is 0.445. The van der Waals surface area contributed by atoms with Crippen molar-refractivity contribution < 1.29 is 17.9 Å². The highest BCUT2D eigenvalue weighted by atomic mass is 32.2. The van der Waals surface area contributed by atoms with Gasteiger partial charge in [-0.25, -0.2) is 8.42 Å². The minimum Gasteiger partial charge on any atom is -0.490 e. The molecule has 7 heteroatoms. The molecule has 0 aliphatic carbocycles. The summed E-state index contributed by atoms with van der Waals surface area (Å²) in [7, 11) is -3.53. The predicted octanol–water partition coefficient (Wildman–Crippen LogP) is 2.00. The molecule has 1 amide bonds. The van der Waals surface area contributed by atoms with E-state index in [0.717, 1.165) is 25.7 Å². The summed E-state index contributed by atoms with van der Waals surface area (Å²) in [4.78, 5) is 13.6. The minimum atomic E-state index is -3.53. The fraction of sp³-hybridized carbons (Fsp3) is 0.562. The third-order valence-electron chi connectivity index (χ3n) is 4.38. The maximum absolute atomic E-state index is 12.9. The summed E-state index contributed by atoms with van der Waals surface area (Å²) >= 11 is 0. The number of rotatable bonds is 2. The Labute approximate surface area is 137 Å². The van der Waals surface area contributed by atoms with Crippen molar-refractivity contribution >= 4 is 21.6 Å². The lowest BCUT2D eigenvalue weighted by Gasteiger charge is -2.29. The van der Waals surface area contributed by atoms with E-state index in [1.54, 1.807) is 27.4 Å². The van der Waals surface area contributed by atoms with Crippen LogP contribution in [0.1, 0.15) is 32.6 Å². The van der Waals surface area contributed by atoms with Gasteiger partial charge in [-0.1, -0.05) is 12.8 Å². The van der Waals surface area contributed by atoms with Gasteiger partial charge >= 0.3 is 0 Å². The lowest BCUT2D eigenvalue weighted by molar-refractivity contribution is -0.116. The Hall–Kier alpha value is -1.60. The Morgan fingerprint density at radius 2 is 1.78 bits per heavy atom. The molecule has 0 radical (unpaired) electrons. The largest absolute Gasteiger partial charge is 0.490 e. The van der Waals surface area contributed by atoms with Crippen molar-refractivity contribution in [3.8, 4) is 5.75 Å². The van der Waals surface area contributed by atoms with Crippen LogP contribution in [0.15, 0.2) is 23.1 Å². The summed E-state index contributed by atoms with van der Waals surface area (Å²) in [5, 5.41) is 0. The average Bonchev–Trinajstić information content (AvgIpc) is 2.83. The molecule has 0 atom stereocenters. The van der Waals surface area contributed by atoms with Crippen LogP contribution in [-0.2, 0) is 14.8 Å². The van der Waals surface area contributed by atoms with E-state index < -0.39 is 10.0 Å². The third-order valence-corrected chi connectivity index (χ3v) is 6.27. The van der Waals surface area contributed by atoms with Gasteiger partial charge in [-0.15, -0.1) is 0 Å². The second-order valence-electron chi connectivity index (χ2n) is 5.97. The highest BCUT2D eigenvalue weighted by Gasteiger charge is 2.28. The summed E-state index contributed by atoms with van der Waals surface area (Å²) in [6.07, 6.45) is 3.93. The fourth-order valence-corrected chi connectivity index (χ4v) is 4.65. The summed E-state index contributed by atoms with van der Waals surface area (Å²) in [6.45, 7) is 3.46. The van der Waals surface area contributed by atoms with Gasteiger partial charge in [0.2, 0.25) is 15.9 Å². The number of hydrogen-bond acceptors (Lipinski definition) is 4. The average molecular weight is 338 g/mol. The highest BCUT2D eigenvalue weighted by molar-refractivity contribution is 7.89. The molecule has 126 valence electrons. The summed E-state index contributed by atoms with van der Waals surface area (Å²) < 4.78 is 32.9. The van der Waals surface area contributed by atoms with E-state index in [1.807, 2.05) is 0 Å². The van der Waals surface area contributed by atoms with Crippen molar-refractivity contribution in [3.05, 3.63) is 18.2 Å². The maximum Gasteiger partial charge on any atom is 0.243 e. The molecule has 2 aliphatic heterocycles. The van der Waals surface area contributed by atoms with E-state index in [9.17, 15) is 13.2 Å². The Bertz CT molecular complexity index is 694. The zero-order chi connectivity index (χ0) is 16.4. The standard InChI is InChI=1S/C16H22N2O4S/c1-13(19)18-10-11-22-16-7-6-14(12-15(16)18)23(20,21)17-8-4-2-3-5-9-17/h6-7,12H,2-5,8-11H2,1H3. The van der Waals surface area contributed by atoms with Gasteiger partial charge < -0.3 is 9.64 Å². The number of anilines is 1. The molecule has 3 rings (SSSR count). The van der Waals surface area contributed by atoms with Crippen molar-refractivity contribution in [1.82, 2.24) is 4.31 Å². The number of ether oxygens (including phenoxy) is 1. The van der Waals surface area contributed by atoms with Crippen LogP contribution >= 0.6 is 0 Å². The third kappa shape index (κ3) is 3.21. The lowest BCUT2D eigenvalue weighted by Crippen LogP contribution is -2.37. The van der Waals surface area contributed by atoms with Crippen molar-refractivity contribution in [2.75, 3.05) is 31.1 Å². The van der Waals surface area contributed by atoms with Crippen molar-refractivity contribution in [2.24, 2.45) is 0 Å². The van der Waals surface area contributed by atoms with E-state index in [-0.39, 0.29) is 10.8 Å². The van der Waals surface area contributed by atoms with Crippen LogP contribution < -0.4 is 9.64 Å². The van der Waals surface area contributed by atoms with Crippen LogP contribution in [0.2, 0.25) is 0 Å². The smallest absolute Gasteiger partial charge is 0.243 e. The zero-order valence-electron chi connectivity index (χ0n) is 13.3. The van der Waals surface area contributed by atoms with Gasteiger partial charge in [-0.2, -0.15) is 4.31 Å². The van der Waals surface area contributed by atoms with Gasteiger partial charge in [0.05, 0.1) is 17.1 Å². The van der Waals surface area contributed by atoms with Crippen molar-refractivity contribution in [2.45, 2.75) is 37.5 Å². The zero-order valence-corrected chi connectivity index (χ0v) is 14.1. The molecule has 2 aliphatic rings. The quantitative estimate of drug-likeness (QED) is 0.827. The number of amides is 1.